The number of rotatable bonds is 4. The van der Waals surface area contributed by atoms with Crippen molar-refractivity contribution in [3.8, 4) is 0 Å². The molecule has 1 aromatic heterocycles. The van der Waals surface area contributed by atoms with E-state index in [0.717, 1.165) is 38.1 Å². The second kappa shape index (κ2) is 7.58. The number of halogens is 1. The lowest BCUT2D eigenvalue weighted by Crippen LogP contribution is -2.48. The van der Waals surface area contributed by atoms with Gasteiger partial charge in [-0.2, -0.15) is 0 Å². The maximum Gasteiger partial charge on any atom is 0.276 e. The van der Waals surface area contributed by atoms with Crippen LogP contribution < -0.4 is 5.32 Å². The van der Waals surface area contributed by atoms with Crippen molar-refractivity contribution >= 4 is 18.3 Å². The standard InChI is InChI=1S/C19H23N3O2.ClH/c1-2-13-3-5-14(6-4-13)17-12-20-9-10-22(17)19(23)16-11-18(24-21-16)15-7-8-15;/h3-6,11,15,17,20H,2,7-10,12H2,1H3;1H. The lowest BCUT2D eigenvalue weighted by Gasteiger charge is -2.36. The molecule has 2 aliphatic rings. The minimum atomic E-state index is -0.0308. The van der Waals surface area contributed by atoms with Crippen LogP contribution in [0.25, 0.3) is 0 Å². The van der Waals surface area contributed by atoms with E-state index in [4.69, 9.17) is 4.52 Å². The van der Waals surface area contributed by atoms with E-state index in [1.807, 2.05) is 11.0 Å². The van der Waals surface area contributed by atoms with Crippen LogP contribution in [0.1, 0.15) is 59.1 Å². The lowest BCUT2D eigenvalue weighted by molar-refractivity contribution is 0.0623. The van der Waals surface area contributed by atoms with Gasteiger partial charge in [-0.25, -0.2) is 0 Å². The Balaban J connectivity index is 0.00000182. The molecule has 0 radical (unpaired) electrons. The molecule has 1 atom stereocenters. The molecule has 0 bridgehead atoms. The zero-order valence-electron chi connectivity index (χ0n) is 14.4. The van der Waals surface area contributed by atoms with Crippen molar-refractivity contribution in [1.29, 1.82) is 0 Å². The molecule has 2 aromatic rings. The Labute approximate surface area is 154 Å². The number of carbonyl (C=O) groups is 1. The fourth-order valence-corrected chi connectivity index (χ4v) is 3.32. The highest BCUT2D eigenvalue weighted by Gasteiger charge is 2.33. The van der Waals surface area contributed by atoms with Crippen molar-refractivity contribution in [2.75, 3.05) is 19.6 Å². The summed E-state index contributed by atoms with van der Waals surface area (Å²) in [6.45, 7) is 4.41. The molecule has 1 aromatic carbocycles. The van der Waals surface area contributed by atoms with Crippen LogP contribution in [-0.2, 0) is 6.42 Å². The van der Waals surface area contributed by atoms with Gasteiger partial charge >= 0.3 is 0 Å². The average molecular weight is 362 g/mol. The molecule has 1 aliphatic heterocycles. The van der Waals surface area contributed by atoms with Gasteiger partial charge in [-0.1, -0.05) is 36.3 Å². The highest BCUT2D eigenvalue weighted by molar-refractivity contribution is 5.92. The van der Waals surface area contributed by atoms with E-state index in [9.17, 15) is 4.79 Å². The van der Waals surface area contributed by atoms with Crippen molar-refractivity contribution in [2.45, 2.75) is 38.1 Å². The van der Waals surface area contributed by atoms with Crippen LogP contribution in [0.3, 0.4) is 0 Å². The number of aryl methyl sites for hydroxylation is 1. The Morgan fingerprint density at radius 1 is 1.32 bits per heavy atom. The van der Waals surface area contributed by atoms with Gasteiger partial charge in [-0.3, -0.25) is 4.79 Å². The molecule has 1 amide bonds. The summed E-state index contributed by atoms with van der Waals surface area (Å²) in [5.74, 6) is 1.30. The normalized spacial score (nSPS) is 20.2. The molecule has 1 saturated carbocycles. The number of nitrogens with one attached hydrogen (secondary N) is 1. The highest BCUT2D eigenvalue weighted by Crippen LogP contribution is 2.40. The van der Waals surface area contributed by atoms with E-state index >= 15 is 0 Å². The molecule has 5 nitrogen and oxygen atoms in total. The summed E-state index contributed by atoms with van der Waals surface area (Å²) in [5.41, 5.74) is 2.92. The van der Waals surface area contributed by atoms with Crippen LogP contribution in [0.5, 0.6) is 0 Å². The second-order valence-corrected chi connectivity index (χ2v) is 6.70. The van der Waals surface area contributed by atoms with Crippen LogP contribution in [0.4, 0.5) is 0 Å². The number of hydrogen-bond donors (Lipinski definition) is 1. The predicted octanol–water partition coefficient (Wildman–Crippen LogP) is 3.32. The molecule has 2 heterocycles. The van der Waals surface area contributed by atoms with Crippen molar-refractivity contribution in [2.24, 2.45) is 0 Å². The Bertz CT molecular complexity index is 725. The van der Waals surface area contributed by atoms with Gasteiger partial charge in [0, 0.05) is 31.6 Å². The number of hydrogen-bond acceptors (Lipinski definition) is 4. The van der Waals surface area contributed by atoms with Crippen molar-refractivity contribution in [3.05, 3.63) is 52.9 Å². The third-order valence-electron chi connectivity index (χ3n) is 5.00. The third-order valence-corrected chi connectivity index (χ3v) is 5.00. The number of benzene rings is 1. The Morgan fingerprint density at radius 2 is 2.08 bits per heavy atom. The van der Waals surface area contributed by atoms with Crippen molar-refractivity contribution in [1.82, 2.24) is 15.4 Å². The monoisotopic (exact) mass is 361 g/mol. The van der Waals surface area contributed by atoms with Gasteiger partial charge in [0.1, 0.15) is 5.76 Å². The summed E-state index contributed by atoms with van der Waals surface area (Å²) in [6, 6.07) is 10.4. The van der Waals surface area contributed by atoms with Crippen LogP contribution in [-0.4, -0.2) is 35.6 Å². The second-order valence-electron chi connectivity index (χ2n) is 6.70. The van der Waals surface area contributed by atoms with E-state index in [-0.39, 0.29) is 24.4 Å². The van der Waals surface area contributed by atoms with Gasteiger partial charge < -0.3 is 14.7 Å². The summed E-state index contributed by atoms with van der Waals surface area (Å²) in [6.07, 6.45) is 3.31. The molecule has 1 aliphatic carbocycles. The van der Waals surface area contributed by atoms with E-state index in [2.05, 4.69) is 41.7 Å². The number of nitrogens with zero attached hydrogens (tertiary/aromatic N) is 2. The van der Waals surface area contributed by atoms with Crippen LogP contribution in [0.15, 0.2) is 34.9 Å². The molecule has 1 N–H and O–H groups in total. The van der Waals surface area contributed by atoms with Gasteiger partial charge in [0.2, 0.25) is 0 Å². The Morgan fingerprint density at radius 3 is 2.76 bits per heavy atom. The molecule has 25 heavy (non-hydrogen) atoms. The SMILES string of the molecule is CCc1ccc(C2CNCCN2C(=O)c2cc(C3CC3)on2)cc1.Cl. The summed E-state index contributed by atoms with van der Waals surface area (Å²) in [5, 5.41) is 7.42. The maximum absolute atomic E-state index is 12.9. The van der Waals surface area contributed by atoms with Crippen LogP contribution in [0, 0.1) is 0 Å². The van der Waals surface area contributed by atoms with Gasteiger partial charge in [-0.05, 0) is 30.4 Å². The predicted molar refractivity (Wildman–Crippen MR) is 98.2 cm³/mol. The first-order valence-corrected chi connectivity index (χ1v) is 8.83. The highest BCUT2D eigenvalue weighted by atomic mass is 35.5. The summed E-state index contributed by atoms with van der Waals surface area (Å²) < 4.78 is 5.36. The van der Waals surface area contributed by atoms with E-state index < -0.39 is 0 Å². The summed E-state index contributed by atoms with van der Waals surface area (Å²) >= 11 is 0. The third kappa shape index (κ3) is 3.72. The van der Waals surface area contributed by atoms with Gasteiger partial charge in [0.15, 0.2) is 5.69 Å². The van der Waals surface area contributed by atoms with E-state index in [0.29, 0.717) is 18.2 Å². The fourth-order valence-electron chi connectivity index (χ4n) is 3.32. The Kier molecular flexibility index (Phi) is 5.45. The number of aromatic nitrogens is 1. The average Bonchev–Trinajstić information content (AvgIpc) is 3.38. The number of piperazine rings is 1. The van der Waals surface area contributed by atoms with Gasteiger partial charge in [-0.15, -0.1) is 12.4 Å². The molecule has 134 valence electrons. The summed E-state index contributed by atoms with van der Waals surface area (Å²) in [4.78, 5) is 14.9. The first-order valence-electron chi connectivity index (χ1n) is 8.83. The van der Waals surface area contributed by atoms with Crippen LogP contribution in [0.2, 0.25) is 0 Å². The van der Waals surface area contributed by atoms with Gasteiger partial charge in [0.25, 0.3) is 5.91 Å². The first-order chi connectivity index (χ1) is 11.8. The molecule has 4 rings (SSSR count). The topological polar surface area (TPSA) is 58.4 Å². The molecular weight excluding hydrogens is 338 g/mol. The first kappa shape index (κ1) is 18.0. The largest absolute Gasteiger partial charge is 0.360 e. The van der Waals surface area contributed by atoms with E-state index in [1.54, 1.807) is 0 Å². The molecular formula is C19H24ClN3O2. The Hall–Kier alpha value is -1.85. The van der Waals surface area contributed by atoms with Gasteiger partial charge in [0.05, 0.1) is 6.04 Å². The number of amides is 1. The zero-order chi connectivity index (χ0) is 16.5. The van der Waals surface area contributed by atoms with Crippen LogP contribution >= 0.6 is 12.4 Å². The maximum atomic E-state index is 12.9. The quantitative estimate of drug-likeness (QED) is 0.907. The molecule has 1 saturated heterocycles. The minimum absolute atomic E-state index is 0. The summed E-state index contributed by atoms with van der Waals surface area (Å²) in [7, 11) is 0. The minimum Gasteiger partial charge on any atom is -0.360 e. The lowest BCUT2D eigenvalue weighted by atomic mass is 10.0. The molecule has 6 heteroatoms. The van der Waals surface area contributed by atoms with Crippen molar-refractivity contribution in [3.63, 3.8) is 0 Å². The molecule has 2 fully saturated rings. The smallest absolute Gasteiger partial charge is 0.276 e. The number of carbonyl (C=O) groups excluding carboxylic acids is 1. The zero-order valence-corrected chi connectivity index (χ0v) is 15.2. The molecule has 1 unspecified atom stereocenters. The fraction of sp³-hybridized carbons (Fsp3) is 0.474. The molecule has 0 spiro atoms. The van der Waals surface area contributed by atoms with E-state index in [1.165, 1.54) is 11.1 Å². The van der Waals surface area contributed by atoms with Crippen molar-refractivity contribution < 1.29 is 9.32 Å².